The van der Waals surface area contributed by atoms with Crippen LogP contribution in [0.1, 0.15) is 27.0 Å². The predicted molar refractivity (Wildman–Crippen MR) is 168 cm³/mol. The summed E-state index contributed by atoms with van der Waals surface area (Å²) < 4.78 is 29.2. The third-order valence-electron chi connectivity index (χ3n) is 7.71. The summed E-state index contributed by atoms with van der Waals surface area (Å²) >= 11 is 1.77. The van der Waals surface area contributed by atoms with Crippen LogP contribution in [-0.2, 0) is 16.4 Å². The lowest BCUT2D eigenvalue weighted by Crippen LogP contribution is -2.48. The van der Waals surface area contributed by atoms with Crippen molar-refractivity contribution in [3.05, 3.63) is 82.9 Å². The largest absolute Gasteiger partial charge is 0.351 e. The number of carbonyl (C=O) groups excluding carboxylic acids is 1. The van der Waals surface area contributed by atoms with Gasteiger partial charge in [-0.3, -0.25) is 14.0 Å². The number of hydrogen-bond donors (Lipinski definition) is 1. The van der Waals surface area contributed by atoms with E-state index in [1.54, 1.807) is 23.5 Å². The molecule has 1 aromatic heterocycles. The second kappa shape index (κ2) is 12.0. The number of fused-ring (bicyclic) bond motifs is 2. The molecular formula is C30H34ClN5O3S2. The van der Waals surface area contributed by atoms with E-state index in [0.717, 1.165) is 54.6 Å². The number of benzene rings is 3. The van der Waals surface area contributed by atoms with Crippen LogP contribution in [-0.4, -0.2) is 70.0 Å². The number of anilines is 2. The van der Waals surface area contributed by atoms with E-state index >= 15 is 0 Å². The average Bonchev–Trinajstić information content (AvgIpc) is 3.59. The number of nitrogens with one attached hydrogen (secondary N) is 1. The van der Waals surface area contributed by atoms with Crippen molar-refractivity contribution in [1.82, 2.24) is 15.2 Å². The molecule has 3 heterocycles. The number of thiazole rings is 1. The zero-order chi connectivity index (χ0) is 27.9. The highest BCUT2D eigenvalue weighted by molar-refractivity contribution is 7.92. The number of hydrogen-bond acceptors (Lipinski definition) is 7. The number of nitrogens with zero attached hydrogens (tertiary/aromatic N) is 4. The van der Waals surface area contributed by atoms with Crippen molar-refractivity contribution in [2.24, 2.45) is 0 Å². The number of halogens is 1. The number of amides is 1. The number of aryl methyl sites for hydroxylation is 2. The molecule has 1 saturated heterocycles. The van der Waals surface area contributed by atoms with Gasteiger partial charge < -0.3 is 10.2 Å². The molecule has 0 unspecified atom stereocenters. The van der Waals surface area contributed by atoms with Crippen molar-refractivity contribution in [2.45, 2.75) is 25.2 Å². The van der Waals surface area contributed by atoms with Crippen molar-refractivity contribution >= 4 is 60.7 Å². The van der Waals surface area contributed by atoms with Gasteiger partial charge in [0.15, 0.2) is 5.13 Å². The molecule has 8 nitrogen and oxygen atoms in total. The smallest absolute Gasteiger partial charge is 0.264 e. The molecule has 0 radical (unpaired) electrons. The van der Waals surface area contributed by atoms with E-state index in [9.17, 15) is 13.2 Å². The minimum Gasteiger partial charge on any atom is -0.351 e. The second-order valence-corrected chi connectivity index (χ2v) is 13.3. The number of para-hydroxylation sites is 1. The summed E-state index contributed by atoms with van der Waals surface area (Å²) in [5, 5.41) is 4.06. The van der Waals surface area contributed by atoms with E-state index in [-0.39, 0.29) is 23.2 Å². The minimum atomic E-state index is -3.68. The molecule has 6 rings (SSSR count). The Hall–Kier alpha value is -3.18. The van der Waals surface area contributed by atoms with Gasteiger partial charge in [0, 0.05) is 51.4 Å². The molecule has 216 valence electrons. The molecule has 11 heteroatoms. The number of rotatable bonds is 7. The van der Waals surface area contributed by atoms with Gasteiger partial charge in [0.25, 0.3) is 15.9 Å². The normalized spacial score (nSPS) is 15.6. The summed E-state index contributed by atoms with van der Waals surface area (Å²) in [6.45, 7) is 9.61. The minimum absolute atomic E-state index is 0. The van der Waals surface area contributed by atoms with Gasteiger partial charge in [-0.2, -0.15) is 0 Å². The van der Waals surface area contributed by atoms with Gasteiger partial charge in [0.1, 0.15) is 0 Å². The van der Waals surface area contributed by atoms with E-state index in [2.05, 4.69) is 41.1 Å². The highest BCUT2D eigenvalue weighted by Gasteiger charge is 2.30. The molecule has 1 amide bonds. The Balaban J connectivity index is 0.00000337. The lowest BCUT2D eigenvalue weighted by Gasteiger charge is -2.34. The first kappa shape index (κ1) is 29.3. The van der Waals surface area contributed by atoms with Gasteiger partial charge >= 0.3 is 0 Å². The van der Waals surface area contributed by atoms with Crippen molar-refractivity contribution < 1.29 is 13.2 Å². The maximum Gasteiger partial charge on any atom is 0.264 e. The number of carbonyl (C=O) groups is 1. The Morgan fingerprint density at radius 1 is 0.976 bits per heavy atom. The SMILES string of the molecule is Cc1cc(C)c2sc(N3CCN(CCNC(=O)c4ccc(S(=O)(=O)N5CCc6ccccc65)cc4)CC3)nc2c1.Cl. The molecule has 2 aliphatic rings. The summed E-state index contributed by atoms with van der Waals surface area (Å²) in [6.07, 6.45) is 0.701. The maximum atomic E-state index is 13.2. The monoisotopic (exact) mass is 611 g/mol. The first-order chi connectivity index (χ1) is 19.3. The van der Waals surface area contributed by atoms with Crippen molar-refractivity contribution in [3.63, 3.8) is 0 Å². The average molecular weight is 612 g/mol. The fraction of sp³-hybridized carbons (Fsp3) is 0.333. The molecule has 0 saturated carbocycles. The summed E-state index contributed by atoms with van der Waals surface area (Å²) in [5.41, 5.74) is 5.81. The summed E-state index contributed by atoms with van der Waals surface area (Å²) in [7, 11) is -3.68. The van der Waals surface area contributed by atoms with E-state index in [4.69, 9.17) is 4.98 Å². The Bertz CT molecular complexity index is 1670. The highest BCUT2D eigenvalue weighted by atomic mass is 35.5. The molecule has 41 heavy (non-hydrogen) atoms. The molecule has 1 N–H and O–H groups in total. The van der Waals surface area contributed by atoms with Crippen LogP contribution in [0.2, 0.25) is 0 Å². The fourth-order valence-corrected chi connectivity index (χ4v) is 8.13. The summed E-state index contributed by atoms with van der Waals surface area (Å²) in [4.78, 5) is 22.5. The third kappa shape index (κ3) is 5.92. The van der Waals surface area contributed by atoms with Crippen LogP contribution in [0.5, 0.6) is 0 Å². The van der Waals surface area contributed by atoms with E-state index in [0.29, 0.717) is 25.1 Å². The van der Waals surface area contributed by atoms with Crippen LogP contribution in [0, 0.1) is 13.8 Å². The van der Waals surface area contributed by atoms with Crippen molar-refractivity contribution in [2.75, 3.05) is 55.0 Å². The lowest BCUT2D eigenvalue weighted by molar-refractivity contribution is 0.0947. The third-order valence-corrected chi connectivity index (χ3v) is 10.8. The second-order valence-electron chi connectivity index (χ2n) is 10.5. The molecule has 0 spiro atoms. The summed E-state index contributed by atoms with van der Waals surface area (Å²) in [6, 6.07) is 18.2. The van der Waals surface area contributed by atoms with Gasteiger partial charge in [-0.25, -0.2) is 13.4 Å². The first-order valence-corrected chi connectivity index (χ1v) is 15.9. The molecule has 1 fully saturated rings. The topological polar surface area (TPSA) is 85.8 Å². The first-order valence-electron chi connectivity index (χ1n) is 13.6. The fourth-order valence-electron chi connectivity index (χ4n) is 5.56. The number of aromatic nitrogens is 1. The molecule has 2 aliphatic heterocycles. The van der Waals surface area contributed by atoms with E-state index < -0.39 is 10.0 Å². The Kier molecular flexibility index (Phi) is 8.56. The van der Waals surface area contributed by atoms with Gasteiger partial charge in [-0.1, -0.05) is 35.6 Å². The quantitative estimate of drug-likeness (QED) is 0.328. The number of piperazine rings is 1. The van der Waals surface area contributed by atoms with Crippen LogP contribution < -0.4 is 14.5 Å². The molecule has 0 bridgehead atoms. The molecular weight excluding hydrogens is 578 g/mol. The van der Waals surface area contributed by atoms with Crippen LogP contribution in [0.3, 0.4) is 0 Å². The number of sulfonamides is 1. The maximum absolute atomic E-state index is 13.2. The lowest BCUT2D eigenvalue weighted by atomic mass is 10.1. The molecule has 4 aromatic rings. The van der Waals surface area contributed by atoms with Gasteiger partial charge in [-0.05, 0) is 73.4 Å². The van der Waals surface area contributed by atoms with E-state index in [1.807, 2.05) is 24.3 Å². The predicted octanol–water partition coefficient (Wildman–Crippen LogP) is 4.64. The van der Waals surface area contributed by atoms with Crippen LogP contribution in [0.4, 0.5) is 10.8 Å². The van der Waals surface area contributed by atoms with Crippen molar-refractivity contribution in [1.29, 1.82) is 0 Å². The van der Waals surface area contributed by atoms with Crippen molar-refractivity contribution in [3.8, 4) is 0 Å². The Morgan fingerprint density at radius 3 is 2.46 bits per heavy atom. The standard InChI is InChI=1S/C30H33N5O3S2.ClH/c1-21-19-22(2)28-26(20-21)32-30(39-28)34-17-15-33(16-18-34)14-12-31-29(36)24-7-9-25(10-8-24)40(37,38)35-13-11-23-5-3-4-6-27(23)35;/h3-10,19-20H,11-18H2,1-2H3,(H,31,36);1H. The zero-order valence-electron chi connectivity index (χ0n) is 23.2. The Morgan fingerprint density at radius 2 is 1.71 bits per heavy atom. The molecule has 3 aromatic carbocycles. The van der Waals surface area contributed by atoms with Crippen LogP contribution in [0.25, 0.3) is 10.2 Å². The van der Waals surface area contributed by atoms with E-state index in [1.165, 1.54) is 32.3 Å². The zero-order valence-corrected chi connectivity index (χ0v) is 25.6. The van der Waals surface area contributed by atoms with Crippen LogP contribution >= 0.6 is 23.7 Å². The van der Waals surface area contributed by atoms with Gasteiger partial charge in [-0.15, -0.1) is 12.4 Å². The van der Waals surface area contributed by atoms with Crippen LogP contribution in [0.15, 0.2) is 65.6 Å². The van der Waals surface area contributed by atoms with Gasteiger partial charge in [0.2, 0.25) is 0 Å². The van der Waals surface area contributed by atoms with Gasteiger partial charge in [0.05, 0.1) is 20.8 Å². The molecule has 0 atom stereocenters. The molecule has 0 aliphatic carbocycles. The Labute approximate surface area is 251 Å². The summed E-state index contributed by atoms with van der Waals surface area (Å²) in [5.74, 6) is -0.200. The highest BCUT2D eigenvalue weighted by Crippen LogP contribution is 2.33.